The van der Waals surface area contributed by atoms with Gasteiger partial charge in [0.2, 0.25) is 5.88 Å². The Morgan fingerprint density at radius 2 is 1.57 bits per heavy atom. The molecule has 0 N–H and O–H groups in total. The predicted octanol–water partition coefficient (Wildman–Crippen LogP) is 5.48. The highest BCUT2D eigenvalue weighted by atomic mass is 35.5. The van der Waals surface area contributed by atoms with E-state index < -0.39 is 0 Å². The van der Waals surface area contributed by atoms with Gasteiger partial charge >= 0.3 is 0 Å². The van der Waals surface area contributed by atoms with Gasteiger partial charge in [-0.2, -0.15) is 4.98 Å². The summed E-state index contributed by atoms with van der Waals surface area (Å²) < 4.78 is 5.88. The third-order valence-electron chi connectivity index (χ3n) is 3.34. The maximum Gasteiger partial charge on any atom is 0.226 e. The third-order valence-corrected chi connectivity index (χ3v) is 3.70. The van der Waals surface area contributed by atoms with Crippen LogP contribution in [0.1, 0.15) is 56.5 Å². The van der Waals surface area contributed by atoms with E-state index >= 15 is 0 Å². The molecule has 0 radical (unpaired) electrons. The second-order valence-corrected chi connectivity index (χ2v) is 6.14. The smallest absolute Gasteiger partial charge is 0.226 e. The minimum atomic E-state index is 0.203. The maximum atomic E-state index is 6.16. The fourth-order valence-corrected chi connectivity index (χ4v) is 2.04. The zero-order valence-corrected chi connectivity index (χ0v) is 13.9. The number of hydrogen-bond acceptors (Lipinski definition) is 3. The highest BCUT2D eigenvalue weighted by Gasteiger charge is 2.13. The van der Waals surface area contributed by atoms with Gasteiger partial charge in [0.15, 0.2) is 0 Å². The summed E-state index contributed by atoms with van der Waals surface area (Å²) in [5, 5.41) is 0.447. The summed E-state index contributed by atoms with van der Waals surface area (Å²) in [6.45, 7) is 10.3. The molecule has 0 aliphatic carbocycles. The molecular weight excluding hydrogens is 284 g/mol. The summed E-state index contributed by atoms with van der Waals surface area (Å²) in [5.41, 5.74) is 2.04. The second kappa shape index (κ2) is 6.44. The Hall–Kier alpha value is -1.61. The van der Waals surface area contributed by atoms with Gasteiger partial charge in [0.05, 0.1) is 0 Å². The molecule has 0 saturated heterocycles. The van der Waals surface area contributed by atoms with Crippen molar-refractivity contribution in [3.8, 4) is 11.6 Å². The lowest BCUT2D eigenvalue weighted by Crippen LogP contribution is -2.02. The van der Waals surface area contributed by atoms with E-state index in [1.54, 1.807) is 0 Å². The minimum Gasteiger partial charge on any atom is -0.439 e. The largest absolute Gasteiger partial charge is 0.439 e. The molecule has 2 aromatic rings. The SMILES string of the molecule is Cc1c(Cl)nc(C(C)C)nc1Oc1ccc(C(C)C)cc1. The van der Waals surface area contributed by atoms with Crippen molar-refractivity contribution in [1.29, 1.82) is 0 Å². The van der Waals surface area contributed by atoms with Gasteiger partial charge in [0, 0.05) is 11.5 Å². The molecule has 0 bridgehead atoms. The first-order valence-electron chi connectivity index (χ1n) is 7.20. The summed E-state index contributed by atoms with van der Waals surface area (Å²) in [4.78, 5) is 8.75. The van der Waals surface area contributed by atoms with Crippen LogP contribution in [-0.2, 0) is 0 Å². The van der Waals surface area contributed by atoms with Gasteiger partial charge in [-0.3, -0.25) is 0 Å². The summed E-state index contributed by atoms with van der Waals surface area (Å²) in [6.07, 6.45) is 0. The van der Waals surface area contributed by atoms with E-state index in [4.69, 9.17) is 16.3 Å². The van der Waals surface area contributed by atoms with Crippen LogP contribution in [0.15, 0.2) is 24.3 Å². The fourth-order valence-electron chi connectivity index (χ4n) is 1.88. The zero-order valence-electron chi connectivity index (χ0n) is 13.1. The Kier molecular flexibility index (Phi) is 4.84. The van der Waals surface area contributed by atoms with Crippen molar-refractivity contribution in [2.45, 2.75) is 46.5 Å². The van der Waals surface area contributed by atoms with Crippen molar-refractivity contribution in [2.24, 2.45) is 0 Å². The predicted molar refractivity (Wildman–Crippen MR) is 86.5 cm³/mol. The fraction of sp³-hybridized carbons (Fsp3) is 0.412. The number of halogens is 1. The average molecular weight is 305 g/mol. The molecule has 21 heavy (non-hydrogen) atoms. The van der Waals surface area contributed by atoms with Crippen LogP contribution in [0, 0.1) is 6.92 Å². The molecule has 1 heterocycles. The van der Waals surface area contributed by atoms with Gasteiger partial charge in [0.25, 0.3) is 0 Å². The number of nitrogens with zero attached hydrogens (tertiary/aromatic N) is 2. The van der Waals surface area contributed by atoms with Crippen LogP contribution >= 0.6 is 11.6 Å². The second-order valence-electron chi connectivity index (χ2n) is 5.78. The lowest BCUT2D eigenvalue weighted by molar-refractivity contribution is 0.452. The number of ether oxygens (including phenoxy) is 1. The highest BCUT2D eigenvalue weighted by Crippen LogP contribution is 2.29. The van der Waals surface area contributed by atoms with Crippen LogP contribution in [0.3, 0.4) is 0 Å². The number of benzene rings is 1. The number of rotatable bonds is 4. The Bertz CT molecular complexity index is 621. The van der Waals surface area contributed by atoms with E-state index in [-0.39, 0.29) is 5.92 Å². The van der Waals surface area contributed by atoms with Gasteiger partial charge in [-0.05, 0) is 30.5 Å². The maximum absolute atomic E-state index is 6.16. The Balaban J connectivity index is 2.30. The van der Waals surface area contributed by atoms with Gasteiger partial charge in [-0.25, -0.2) is 4.98 Å². The first-order valence-corrected chi connectivity index (χ1v) is 7.58. The summed E-state index contributed by atoms with van der Waals surface area (Å²) in [6, 6.07) is 8.06. The van der Waals surface area contributed by atoms with Crippen molar-refractivity contribution < 1.29 is 4.74 Å². The lowest BCUT2D eigenvalue weighted by atomic mass is 10.0. The molecule has 0 amide bonds. The van der Waals surface area contributed by atoms with Crippen molar-refractivity contribution >= 4 is 11.6 Å². The molecule has 1 aromatic carbocycles. The van der Waals surface area contributed by atoms with Crippen molar-refractivity contribution in [3.05, 3.63) is 46.4 Å². The topological polar surface area (TPSA) is 35.0 Å². The highest BCUT2D eigenvalue weighted by molar-refractivity contribution is 6.30. The molecule has 0 aliphatic heterocycles. The van der Waals surface area contributed by atoms with Gasteiger partial charge in [-0.1, -0.05) is 51.4 Å². The molecular formula is C17H21ClN2O. The average Bonchev–Trinajstić information content (AvgIpc) is 2.44. The van der Waals surface area contributed by atoms with E-state index in [0.717, 1.165) is 11.3 Å². The number of hydrogen-bond donors (Lipinski definition) is 0. The first kappa shape index (κ1) is 15.8. The van der Waals surface area contributed by atoms with E-state index in [2.05, 4.69) is 35.9 Å². The molecule has 0 fully saturated rings. The van der Waals surface area contributed by atoms with Crippen LogP contribution < -0.4 is 4.74 Å². The van der Waals surface area contributed by atoms with E-state index in [9.17, 15) is 0 Å². The Morgan fingerprint density at radius 1 is 0.952 bits per heavy atom. The van der Waals surface area contributed by atoms with E-state index in [1.165, 1.54) is 5.56 Å². The third kappa shape index (κ3) is 3.73. The van der Waals surface area contributed by atoms with Crippen LogP contribution in [0.4, 0.5) is 0 Å². The molecule has 0 aliphatic rings. The van der Waals surface area contributed by atoms with Crippen LogP contribution in [-0.4, -0.2) is 9.97 Å². The monoisotopic (exact) mass is 304 g/mol. The standard InChI is InChI=1S/C17H21ClN2O/c1-10(2)13-6-8-14(9-7-13)21-17-12(5)15(18)19-16(20-17)11(3)4/h6-11H,1-5H3. The molecule has 0 unspecified atom stereocenters. The van der Waals surface area contributed by atoms with Gasteiger partial charge in [0.1, 0.15) is 16.7 Å². The van der Waals surface area contributed by atoms with Crippen molar-refractivity contribution in [1.82, 2.24) is 9.97 Å². The van der Waals surface area contributed by atoms with Gasteiger partial charge in [-0.15, -0.1) is 0 Å². The zero-order chi connectivity index (χ0) is 15.6. The Morgan fingerprint density at radius 3 is 2.10 bits per heavy atom. The van der Waals surface area contributed by atoms with Crippen molar-refractivity contribution in [3.63, 3.8) is 0 Å². The molecule has 112 valence electrons. The quantitative estimate of drug-likeness (QED) is 0.702. The first-order chi connectivity index (χ1) is 9.88. The van der Waals surface area contributed by atoms with E-state index in [0.29, 0.717) is 22.8 Å². The normalized spacial score (nSPS) is 11.2. The molecule has 0 spiro atoms. The van der Waals surface area contributed by atoms with Gasteiger partial charge < -0.3 is 4.74 Å². The molecule has 2 rings (SSSR count). The van der Waals surface area contributed by atoms with Crippen LogP contribution in [0.2, 0.25) is 5.15 Å². The van der Waals surface area contributed by atoms with Crippen LogP contribution in [0.5, 0.6) is 11.6 Å². The lowest BCUT2D eigenvalue weighted by Gasteiger charge is -2.12. The van der Waals surface area contributed by atoms with E-state index in [1.807, 2.05) is 32.9 Å². The molecule has 0 atom stereocenters. The summed E-state index contributed by atoms with van der Waals surface area (Å²) >= 11 is 6.16. The number of aromatic nitrogens is 2. The van der Waals surface area contributed by atoms with Crippen LogP contribution in [0.25, 0.3) is 0 Å². The Labute approximate surface area is 131 Å². The molecule has 0 saturated carbocycles. The summed E-state index contributed by atoms with van der Waals surface area (Å²) in [5.74, 6) is 2.68. The van der Waals surface area contributed by atoms with Crippen molar-refractivity contribution in [2.75, 3.05) is 0 Å². The molecule has 3 nitrogen and oxygen atoms in total. The minimum absolute atomic E-state index is 0.203. The summed E-state index contributed by atoms with van der Waals surface area (Å²) in [7, 11) is 0. The molecule has 1 aromatic heterocycles. The molecule has 4 heteroatoms.